The molecule has 1 heterocycles. The first kappa shape index (κ1) is 24.9. The van der Waals surface area contributed by atoms with Gasteiger partial charge in [-0.2, -0.15) is 11.8 Å². The van der Waals surface area contributed by atoms with Crippen LogP contribution in [0.4, 0.5) is 5.69 Å². The van der Waals surface area contributed by atoms with Crippen molar-refractivity contribution in [2.45, 2.75) is 51.6 Å². The van der Waals surface area contributed by atoms with E-state index < -0.39 is 0 Å². The first-order valence-corrected chi connectivity index (χ1v) is 14.3. The molecule has 1 aliphatic heterocycles. The van der Waals surface area contributed by atoms with Gasteiger partial charge in [0, 0.05) is 23.8 Å². The molecule has 3 nitrogen and oxygen atoms in total. The average molecular weight is 497 g/mol. The Hall–Kier alpha value is -2.82. The average Bonchev–Trinajstić information content (AvgIpc) is 3.13. The van der Waals surface area contributed by atoms with Crippen LogP contribution in [0.5, 0.6) is 0 Å². The van der Waals surface area contributed by atoms with Crippen LogP contribution in [0.15, 0.2) is 72.3 Å². The minimum atomic E-state index is 0.00756. The lowest BCUT2D eigenvalue weighted by atomic mass is 9.97. The van der Waals surface area contributed by atoms with Crippen LogP contribution in [0.3, 0.4) is 0 Å². The zero-order valence-electron chi connectivity index (χ0n) is 21.4. The summed E-state index contributed by atoms with van der Waals surface area (Å²) in [5.41, 5.74) is 9.15. The topological polar surface area (TPSA) is 32.3 Å². The maximum absolute atomic E-state index is 13.2. The number of anilines is 1. The number of amides is 1. The smallest absolute Gasteiger partial charge is 0.251 e. The van der Waals surface area contributed by atoms with Crippen LogP contribution in [0.2, 0.25) is 0 Å². The lowest BCUT2D eigenvalue weighted by Crippen LogP contribution is -2.34. The van der Waals surface area contributed by atoms with E-state index in [9.17, 15) is 4.79 Å². The van der Waals surface area contributed by atoms with Crippen molar-refractivity contribution in [2.24, 2.45) is 0 Å². The van der Waals surface area contributed by atoms with E-state index in [1.165, 1.54) is 52.2 Å². The molecule has 0 aromatic heterocycles. The highest BCUT2D eigenvalue weighted by Crippen LogP contribution is 2.29. The second kappa shape index (κ2) is 11.5. The van der Waals surface area contributed by atoms with Crippen molar-refractivity contribution in [1.29, 1.82) is 0 Å². The molecule has 5 rings (SSSR count). The highest BCUT2D eigenvalue weighted by atomic mass is 32.2. The van der Waals surface area contributed by atoms with Crippen molar-refractivity contribution in [3.05, 3.63) is 94.6 Å². The minimum absolute atomic E-state index is 0.00756. The third kappa shape index (κ3) is 6.11. The molecule has 1 fully saturated rings. The van der Waals surface area contributed by atoms with Gasteiger partial charge in [-0.05, 0) is 110 Å². The van der Waals surface area contributed by atoms with Crippen molar-refractivity contribution < 1.29 is 4.79 Å². The first-order valence-electron chi connectivity index (χ1n) is 13.1. The van der Waals surface area contributed by atoms with Crippen LogP contribution >= 0.6 is 11.8 Å². The maximum atomic E-state index is 13.2. The third-order valence-corrected chi connectivity index (χ3v) is 8.55. The van der Waals surface area contributed by atoms with Gasteiger partial charge in [-0.15, -0.1) is 0 Å². The summed E-state index contributed by atoms with van der Waals surface area (Å²) < 4.78 is 0. The predicted molar refractivity (Wildman–Crippen MR) is 154 cm³/mol. The first-order chi connectivity index (χ1) is 17.5. The summed E-state index contributed by atoms with van der Waals surface area (Å²) >= 11 is 2.07. The molecule has 186 valence electrons. The molecule has 1 saturated heterocycles. The summed E-state index contributed by atoms with van der Waals surface area (Å²) in [5, 5.41) is 3.14. The summed E-state index contributed by atoms with van der Waals surface area (Å²) in [6.45, 7) is 3.06. The predicted octanol–water partition coefficient (Wildman–Crippen LogP) is 7.35. The number of carbonyl (C=O) groups excluding carboxylic acids is 1. The van der Waals surface area contributed by atoms with Gasteiger partial charge in [0.05, 0.1) is 0 Å². The van der Waals surface area contributed by atoms with Crippen LogP contribution < -0.4 is 5.32 Å². The molecule has 1 amide bonds. The molecule has 36 heavy (non-hydrogen) atoms. The number of benzene rings is 3. The molecule has 3 aromatic carbocycles. The number of fused-ring (bicyclic) bond motifs is 1. The highest BCUT2D eigenvalue weighted by Gasteiger charge is 2.19. The number of rotatable bonds is 6. The molecule has 0 radical (unpaired) electrons. The molecule has 1 aliphatic carbocycles. The Kier molecular flexibility index (Phi) is 7.93. The van der Waals surface area contributed by atoms with Crippen LogP contribution in [0.25, 0.3) is 17.2 Å². The van der Waals surface area contributed by atoms with Crippen LogP contribution in [-0.2, 0) is 17.8 Å². The Bertz CT molecular complexity index is 1220. The Morgan fingerprint density at radius 1 is 0.944 bits per heavy atom. The van der Waals surface area contributed by atoms with Gasteiger partial charge in [0.25, 0.3) is 5.91 Å². The molecule has 3 aromatic rings. The zero-order valence-corrected chi connectivity index (χ0v) is 22.2. The van der Waals surface area contributed by atoms with E-state index in [0.29, 0.717) is 6.04 Å². The van der Waals surface area contributed by atoms with Crippen molar-refractivity contribution in [1.82, 2.24) is 4.90 Å². The lowest BCUT2D eigenvalue weighted by molar-refractivity contribution is -0.112. The maximum Gasteiger partial charge on any atom is 0.251 e. The van der Waals surface area contributed by atoms with Crippen molar-refractivity contribution in [3.8, 4) is 11.1 Å². The largest absolute Gasteiger partial charge is 0.322 e. The Labute approximate surface area is 220 Å². The van der Waals surface area contributed by atoms with Gasteiger partial charge < -0.3 is 5.32 Å². The molecule has 2 aliphatic rings. The minimum Gasteiger partial charge on any atom is -0.322 e. The van der Waals surface area contributed by atoms with Crippen LogP contribution in [0, 0.1) is 6.92 Å². The standard InChI is InChI=1S/C32H36N2OS/c1-23-6-10-26(11-7-23)27-13-12-25-4-3-5-28(21-29(25)20-27)32(35)33-30-14-8-24(9-15-30)22-34(2)31-16-18-36-19-17-31/h6-15,20-21,31H,3-5,16-19,22H2,1-2H3,(H,33,35). The fourth-order valence-electron chi connectivity index (χ4n) is 5.24. The molecule has 1 N–H and O–H groups in total. The van der Waals surface area contributed by atoms with E-state index in [-0.39, 0.29) is 5.91 Å². The van der Waals surface area contributed by atoms with Gasteiger partial charge >= 0.3 is 0 Å². The van der Waals surface area contributed by atoms with E-state index >= 15 is 0 Å². The molecule has 0 spiro atoms. The number of aryl methyl sites for hydroxylation is 2. The summed E-state index contributed by atoms with van der Waals surface area (Å²) in [5.74, 6) is 2.55. The van der Waals surface area contributed by atoms with Crippen molar-refractivity contribution >= 4 is 29.4 Å². The Morgan fingerprint density at radius 2 is 1.67 bits per heavy atom. The third-order valence-electron chi connectivity index (χ3n) is 7.50. The fourth-order valence-corrected chi connectivity index (χ4v) is 6.32. The van der Waals surface area contributed by atoms with Gasteiger partial charge in [0.1, 0.15) is 0 Å². The normalized spacial score (nSPS) is 16.2. The number of carbonyl (C=O) groups is 1. The van der Waals surface area contributed by atoms with Crippen molar-refractivity contribution in [3.63, 3.8) is 0 Å². The monoisotopic (exact) mass is 496 g/mol. The molecule has 0 bridgehead atoms. The number of nitrogens with one attached hydrogen (secondary N) is 1. The zero-order chi connectivity index (χ0) is 24.9. The second-order valence-corrected chi connectivity index (χ2v) is 11.4. The molecule has 0 unspecified atom stereocenters. The van der Waals surface area contributed by atoms with E-state index in [4.69, 9.17) is 0 Å². The summed E-state index contributed by atoms with van der Waals surface area (Å²) in [6, 6.07) is 24.3. The van der Waals surface area contributed by atoms with Gasteiger partial charge in [0.15, 0.2) is 0 Å². The summed E-state index contributed by atoms with van der Waals surface area (Å²) in [4.78, 5) is 15.7. The number of hydrogen-bond acceptors (Lipinski definition) is 3. The van der Waals surface area contributed by atoms with Gasteiger partial charge in [-0.3, -0.25) is 9.69 Å². The second-order valence-electron chi connectivity index (χ2n) is 10.2. The summed E-state index contributed by atoms with van der Waals surface area (Å²) in [6.07, 6.45) is 7.43. The van der Waals surface area contributed by atoms with Crippen LogP contribution in [0.1, 0.15) is 47.9 Å². The highest BCUT2D eigenvalue weighted by molar-refractivity contribution is 7.99. The van der Waals surface area contributed by atoms with E-state index in [0.717, 1.165) is 42.6 Å². The molecular formula is C32H36N2OS. The molecule has 0 atom stereocenters. The Morgan fingerprint density at radius 3 is 2.42 bits per heavy atom. The molecular weight excluding hydrogens is 460 g/mol. The number of nitrogens with zero attached hydrogens (tertiary/aromatic N) is 1. The number of thioether (sulfide) groups is 1. The van der Waals surface area contributed by atoms with Gasteiger partial charge in [-0.1, -0.05) is 54.1 Å². The van der Waals surface area contributed by atoms with E-state index in [2.05, 4.69) is 96.6 Å². The lowest BCUT2D eigenvalue weighted by Gasteiger charge is -2.31. The van der Waals surface area contributed by atoms with E-state index in [1.54, 1.807) is 0 Å². The Balaban J connectivity index is 1.26. The van der Waals surface area contributed by atoms with Crippen molar-refractivity contribution in [2.75, 3.05) is 23.9 Å². The summed E-state index contributed by atoms with van der Waals surface area (Å²) in [7, 11) is 2.23. The van der Waals surface area contributed by atoms with Gasteiger partial charge in [-0.25, -0.2) is 0 Å². The molecule has 0 saturated carbocycles. The van der Waals surface area contributed by atoms with E-state index in [1.807, 2.05) is 12.1 Å². The SMILES string of the molecule is Cc1ccc(-c2ccc3c(c2)C=C(C(=O)Nc2ccc(CN(C)C4CCSCC4)cc2)CCC3)cc1. The van der Waals surface area contributed by atoms with Crippen LogP contribution in [-0.4, -0.2) is 35.4 Å². The van der Waals surface area contributed by atoms with Gasteiger partial charge in [0.2, 0.25) is 0 Å². The molecule has 4 heteroatoms. The number of hydrogen-bond donors (Lipinski definition) is 1. The fraction of sp³-hybridized carbons (Fsp3) is 0.344. The quantitative estimate of drug-likeness (QED) is 0.387.